The number of halogens is 2. The Kier molecular flexibility index (Phi) is 8.68. The summed E-state index contributed by atoms with van der Waals surface area (Å²) in [6, 6.07) is 14.1. The molecule has 0 aliphatic heterocycles. The van der Waals surface area contributed by atoms with E-state index in [1.807, 2.05) is 36.6 Å². The zero-order chi connectivity index (χ0) is 32.2. The van der Waals surface area contributed by atoms with Crippen LogP contribution < -0.4 is 0 Å². The van der Waals surface area contributed by atoms with Gasteiger partial charge in [-0.25, -0.2) is 13.6 Å². The summed E-state index contributed by atoms with van der Waals surface area (Å²) in [4.78, 5) is 42.8. The number of hydrogen-bond donors (Lipinski definition) is 1. The van der Waals surface area contributed by atoms with E-state index in [0.717, 1.165) is 14.7 Å². The number of fused-ring (bicyclic) bond motifs is 5. The fraction of sp³-hybridized carbons (Fsp3) is 0.457. The molecule has 7 unspecified atom stereocenters. The highest BCUT2D eigenvalue weighted by atomic mass is 32.2. The van der Waals surface area contributed by atoms with Crippen LogP contribution in [0.2, 0.25) is 0 Å². The first-order chi connectivity index (χ1) is 21.4. The number of esters is 1. The molecular weight excluding hydrogens is 635 g/mol. The fourth-order valence-electron chi connectivity index (χ4n) is 8.59. The number of alkyl halides is 2. The molecule has 7 atom stereocenters. The van der Waals surface area contributed by atoms with Gasteiger partial charge in [0.25, 0.3) is 0 Å². The van der Waals surface area contributed by atoms with E-state index in [9.17, 15) is 23.9 Å². The van der Waals surface area contributed by atoms with Crippen molar-refractivity contribution in [3.05, 3.63) is 77.9 Å². The van der Waals surface area contributed by atoms with Crippen LogP contribution in [-0.2, 0) is 14.3 Å². The predicted molar refractivity (Wildman–Crippen MR) is 174 cm³/mol. The smallest absolute Gasteiger partial charge is 0.339 e. The summed E-state index contributed by atoms with van der Waals surface area (Å²) in [7, 11) is 0. The van der Waals surface area contributed by atoms with E-state index in [-0.39, 0.29) is 24.2 Å². The highest BCUT2D eigenvalue weighted by Gasteiger charge is 2.75. The molecule has 5 nitrogen and oxygen atoms in total. The average molecular weight is 671 g/mol. The number of carbonyl (C=O) groups is 3. The minimum atomic E-state index is -2.09. The number of hydrogen-bond acceptors (Lipinski definition) is 8. The Morgan fingerprint density at radius 2 is 1.78 bits per heavy atom. The van der Waals surface area contributed by atoms with Crippen LogP contribution in [-0.4, -0.2) is 51.6 Å². The minimum absolute atomic E-state index is 0.110. The summed E-state index contributed by atoms with van der Waals surface area (Å²) < 4.78 is 37.4. The van der Waals surface area contributed by atoms with Crippen molar-refractivity contribution in [3.8, 4) is 0 Å². The van der Waals surface area contributed by atoms with Gasteiger partial charge in [0.2, 0.25) is 5.12 Å². The van der Waals surface area contributed by atoms with Crippen LogP contribution in [0.5, 0.6) is 0 Å². The fourth-order valence-corrected chi connectivity index (χ4v) is 10.7. The maximum absolute atomic E-state index is 17.5. The standard InChI is InChI=1S/C35H36F2O5S3/c1-32-15-13-23(38)17-22(32)9-12-28-27-14-16-34(31(41)44-20-36,33(27,2)19-29(39)35(28,32)37)42-30(40)21-7-10-24(11-8-21)45-26-6-4-5-25(18-26)43-3/h4-8,10-11,13,15,17-18,27-29,39H,9,12,14,16,19-20H2,1-3H3. The van der Waals surface area contributed by atoms with Crippen LogP contribution in [0.15, 0.2) is 87.0 Å². The number of benzene rings is 2. The zero-order valence-corrected chi connectivity index (χ0v) is 27.8. The van der Waals surface area contributed by atoms with Gasteiger partial charge in [0.05, 0.1) is 11.7 Å². The van der Waals surface area contributed by atoms with Gasteiger partial charge >= 0.3 is 5.97 Å². The lowest BCUT2D eigenvalue weighted by Gasteiger charge is -2.62. The first-order valence-corrected chi connectivity index (χ1v) is 18.1. The van der Waals surface area contributed by atoms with E-state index < -0.39 is 57.1 Å². The van der Waals surface area contributed by atoms with Gasteiger partial charge < -0.3 is 9.84 Å². The summed E-state index contributed by atoms with van der Waals surface area (Å²) in [5.41, 5.74) is -5.23. The molecule has 45 heavy (non-hydrogen) atoms. The molecular formula is C35H36F2O5S3. The van der Waals surface area contributed by atoms with Crippen LogP contribution in [0.1, 0.15) is 56.3 Å². The SMILES string of the molecule is CSc1cccc(Sc2ccc(C(=O)OC3(C(=O)SCF)CCC4C5CCC6=CC(=O)C=CC6(C)C5(F)C(O)CC43C)cc2)c1. The average Bonchev–Trinajstić information content (AvgIpc) is 3.30. The van der Waals surface area contributed by atoms with Crippen molar-refractivity contribution >= 4 is 52.2 Å². The number of thioether (sulfide) groups is 2. The van der Waals surface area contributed by atoms with E-state index in [0.29, 0.717) is 36.6 Å². The first kappa shape index (κ1) is 32.5. The van der Waals surface area contributed by atoms with E-state index in [1.54, 1.807) is 55.6 Å². The van der Waals surface area contributed by atoms with E-state index in [2.05, 4.69) is 6.07 Å². The largest absolute Gasteiger partial charge is 0.446 e. The normalized spacial score (nSPS) is 35.2. The van der Waals surface area contributed by atoms with Crippen molar-refractivity contribution < 1.29 is 33.0 Å². The lowest BCUT2D eigenvalue weighted by Crippen LogP contribution is -2.69. The zero-order valence-electron chi connectivity index (χ0n) is 25.4. The van der Waals surface area contributed by atoms with Crippen molar-refractivity contribution in [2.45, 2.75) is 78.0 Å². The third-order valence-corrected chi connectivity index (χ3v) is 13.3. The lowest BCUT2D eigenvalue weighted by molar-refractivity contribution is -0.214. The maximum atomic E-state index is 17.5. The molecule has 4 aliphatic rings. The van der Waals surface area contributed by atoms with Gasteiger partial charge in [0.15, 0.2) is 17.1 Å². The van der Waals surface area contributed by atoms with Crippen molar-refractivity contribution in [1.82, 2.24) is 0 Å². The second kappa shape index (κ2) is 12.0. The molecule has 0 amide bonds. The number of allylic oxidation sites excluding steroid dienone is 4. The molecule has 6 rings (SSSR count). The summed E-state index contributed by atoms with van der Waals surface area (Å²) in [6.45, 7) is 3.52. The van der Waals surface area contributed by atoms with Crippen molar-refractivity contribution in [2.75, 3.05) is 12.3 Å². The van der Waals surface area contributed by atoms with Gasteiger partial charge in [0, 0.05) is 31.4 Å². The van der Waals surface area contributed by atoms with Gasteiger partial charge in [-0.1, -0.05) is 36.4 Å². The Balaban J connectivity index is 1.29. The maximum Gasteiger partial charge on any atom is 0.339 e. The minimum Gasteiger partial charge on any atom is -0.446 e. The number of aliphatic hydroxyl groups excluding tert-OH is 1. The van der Waals surface area contributed by atoms with Crippen LogP contribution in [0, 0.1) is 22.7 Å². The van der Waals surface area contributed by atoms with Crippen molar-refractivity contribution in [2.24, 2.45) is 22.7 Å². The number of ketones is 1. The summed E-state index contributed by atoms with van der Waals surface area (Å²) in [6.07, 6.45) is 6.14. The Morgan fingerprint density at radius 3 is 2.49 bits per heavy atom. The topological polar surface area (TPSA) is 80.7 Å². The molecule has 0 aromatic heterocycles. The molecule has 10 heteroatoms. The monoisotopic (exact) mass is 670 g/mol. The van der Waals surface area contributed by atoms with E-state index in [4.69, 9.17) is 4.74 Å². The Hall–Kier alpha value is -2.40. The molecule has 3 saturated carbocycles. The first-order valence-electron chi connectivity index (χ1n) is 15.1. The van der Waals surface area contributed by atoms with Gasteiger partial charge in [-0.15, -0.1) is 11.8 Å². The van der Waals surface area contributed by atoms with Gasteiger partial charge in [-0.3, -0.25) is 9.59 Å². The summed E-state index contributed by atoms with van der Waals surface area (Å²) in [5, 5.41) is 11.1. The van der Waals surface area contributed by atoms with Crippen molar-refractivity contribution in [3.63, 3.8) is 0 Å². The van der Waals surface area contributed by atoms with Gasteiger partial charge in [-0.2, -0.15) is 0 Å². The summed E-state index contributed by atoms with van der Waals surface area (Å²) in [5.74, 6) is -1.98. The highest BCUT2D eigenvalue weighted by molar-refractivity contribution is 8.13. The molecule has 238 valence electrons. The van der Waals surface area contributed by atoms with Crippen molar-refractivity contribution in [1.29, 1.82) is 0 Å². The van der Waals surface area contributed by atoms with E-state index >= 15 is 4.39 Å². The predicted octanol–water partition coefficient (Wildman–Crippen LogP) is 8.01. The number of aliphatic hydroxyl groups is 1. The van der Waals surface area contributed by atoms with Gasteiger partial charge in [-0.05, 0) is 118 Å². The number of rotatable bonds is 7. The molecule has 0 saturated heterocycles. The second-order valence-corrected chi connectivity index (χ2v) is 15.8. The third kappa shape index (κ3) is 5.06. The van der Waals surface area contributed by atoms with Crippen LogP contribution in [0.25, 0.3) is 0 Å². The molecule has 0 spiro atoms. The number of ether oxygens (including phenoxy) is 1. The van der Waals surface area contributed by atoms with Crippen LogP contribution in [0.3, 0.4) is 0 Å². The molecule has 1 N–H and O–H groups in total. The lowest BCUT2D eigenvalue weighted by atomic mass is 9.45. The van der Waals surface area contributed by atoms with Crippen LogP contribution in [0.4, 0.5) is 8.78 Å². The molecule has 0 bridgehead atoms. The molecule has 2 aromatic rings. The molecule has 2 aromatic carbocycles. The Bertz CT molecular complexity index is 1590. The molecule has 0 radical (unpaired) electrons. The summed E-state index contributed by atoms with van der Waals surface area (Å²) >= 11 is 3.67. The molecule has 0 heterocycles. The van der Waals surface area contributed by atoms with Gasteiger partial charge in [0.1, 0.15) is 6.01 Å². The Morgan fingerprint density at radius 1 is 1.04 bits per heavy atom. The Labute approximate surface area is 275 Å². The molecule has 4 aliphatic carbocycles. The number of carbonyl (C=O) groups excluding carboxylic acids is 3. The second-order valence-electron chi connectivity index (χ2n) is 12.9. The van der Waals surface area contributed by atoms with E-state index in [1.165, 1.54) is 12.2 Å². The quantitative estimate of drug-likeness (QED) is 0.235. The third-order valence-electron chi connectivity index (χ3n) is 10.9. The van der Waals surface area contributed by atoms with Crippen LogP contribution >= 0.6 is 35.3 Å². The molecule has 3 fully saturated rings. The highest BCUT2D eigenvalue weighted by Crippen LogP contribution is 2.70.